The highest BCUT2D eigenvalue weighted by molar-refractivity contribution is 6.18. The third kappa shape index (κ3) is 4.33. The molecule has 0 bridgehead atoms. The van der Waals surface area contributed by atoms with Crippen molar-refractivity contribution >= 4 is 23.2 Å². The van der Waals surface area contributed by atoms with Crippen molar-refractivity contribution in [2.75, 3.05) is 12.4 Å². The van der Waals surface area contributed by atoms with E-state index in [1.54, 1.807) is 12.1 Å². The van der Waals surface area contributed by atoms with Crippen molar-refractivity contribution in [2.24, 2.45) is 0 Å². The van der Waals surface area contributed by atoms with Crippen LogP contribution in [0.1, 0.15) is 24.8 Å². The van der Waals surface area contributed by atoms with Gasteiger partial charge in [-0.2, -0.15) is 0 Å². The van der Waals surface area contributed by atoms with Crippen LogP contribution in [0.15, 0.2) is 24.3 Å². The van der Waals surface area contributed by atoms with Crippen LogP contribution in [0.2, 0.25) is 0 Å². The summed E-state index contributed by atoms with van der Waals surface area (Å²) in [7, 11) is 0. The molecule has 0 saturated carbocycles. The lowest BCUT2D eigenvalue weighted by Gasteiger charge is -2.12. The molecule has 1 N–H and O–H groups in total. The molecule has 1 unspecified atom stereocenters. The van der Waals surface area contributed by atoms with E-state index in [0.717, 1.165) is 5.56 Å². The van der Waals surface area contributed by atoms with E-state index in [1.165, 1.54) is 12.1 Å². The number of nitrogens with zero attached hydrogens (tertiary/aromatic N) is 1. The first-order valence-corrected chi connectivity index (χ1v) is 6.15. The molecule has 0 aliphatic rings. The van der Waals surface area contributed by atoms with Gasteiger partial charge in [-0.1, -0.05) is 19.1 Å². The molecule has 0 heterocycles. The Morgan fingerprint density at radius 2 is 2.06 bits per heavy atom. The van der Waals surface area contributed by atoms with E-state index >= 15 is 0 Å². The fraction of sp³-hybridized carbons (Fsp3) is 0.417. The van der Waals surface area contributed by atoms with Crippen molar-refractivity contribution in [3.05, 3.63) is 39.9 Å². The lowest BCUT2D eigenvalue weighted by molar-refractivity contribution is -0.384. The second-order valence-electron chi connectivity index (χ2n) is 3.99. The van der Waals surface area contributed by atoms with Gasteiger partial charge in [0.15, 0.2) is 0 Å². The molecule has 1 amide bonds. The van der Waals surface area contributed by atoms with E-state index in [-0.39, 0.29) is 17.5 Å². The summed E-state index contributed by atoms with van der Waals surface area (Å²) < 4.78 is 0. The van der Waals surface area contributed by atoms with Crippen LogP contribution in [0, 0.1) is 10.1 Å². The van der Waals surface area contributed by atoms with Gasteiger partial charge in [0.1, 0.15) is 0 Å². The fourth-order valence-corrected chi connectivity index (χ4v) is 1.66. The average molecular weight is 271 g/mol. The van der Waals surface area contributed by atoms with Crippen molar-refractivity contribution in [3.63, 3.8) is 0 Å². The van der Waals surface area contributed by atoms with Gasteiger partial charge in [0.25, 0.3) is 5.69 Å². The quantitative estimate of drug-likeness (QED) is 0.490. The molecule has 1 rings (SSSR count). The maximum atomic E-state index is 11.2. The third-order valence-electron chi connectivity index (χ3n) is 2.60. The summed E-state index contributed by atoms with van der Waals surface area (Å²) in [6.07, 6.45) is 0.300. The highest BCUT2D eigenvalue weighted by Gasteiger charge is 2.10. The van der Waals surface area contributed by atoms with Crippen molar-refractivity contribution < 1.29 is 9.72 Å². The number of rotatable bonds is 6. The number of non-ortho nitro benzene ring substituents is 1. The smallest absolute Gasteiger partial charge is 0.269 e. The molecule has 18 heavy (non-hydrogen) atoms. The molecule has 1 aromatic rings. The molecule has 98 valence electrons. The first-order chi connectivity index (χ1) is 8.54. The highest BCUT2D eigenvalue weighted by Crippen LogP contribution is 2.18. The van der Waals surface area contributed by atoms with Crippen LogP contribution in [-0.4, -0.2) is 23.3 Å². The minimum Gasteiger partial charge on any atom is -0.355 e. The zero-order valence-corrected chi connectivity index (χ0v) is 10.8. The number of carbonyl (C=O) groups excluding carboxylic acids is 1. The van der Waals surface area contributed by atoms with Gasteiger partial charge in [-0.25, -0.2) is 0 Å². The van der Waals surface area contributed by atoms with Crippen LogP contribution < -0.4 is 5.32 Å². The standard InChI is InChI=1S/C12H15ClN2O3/c1-9(8-14-12(16)6-7-13)10-2-4-11(5-3-10)15(17)18/h2-5,9H,6-8H2,1H3,(H,14,16). The predicted octanol–water partition coefficient (Wildman–Crippen LogP) is 2.44. The van der Waals surface area contributed by atoms with Gasteiger partial charge in [0.05, 0.1) is 4.92 Å². The summed E-state index contributed by atoms with van der Waals surface area (Å²) in [5.41, 5.74) is 1.02. The SMILES string of the molecule is CC(CNC(=O)CCCl)c1ccc([N+](=O)[O-])cc1. The predicted molar refractivity (Wildman–Crippen MR) is 69.9 cm³/mol. The Morgan fingerprint density at radius 1 is 1.44 bits per heavy atom. The summed E-state index contributed by atoms with van der Waals surface area (Å²) in [5.74, 6) is 0.321. The molecule has 0 radical (unpaired) electrons. The zero-order valence-electron chi connectivity index (χ0n) is 10.1. The number of halogens is 1. The molecule has 0 saturated heterocycles. The number of hydrogen-bond acceptors (Lipinski definition) is 3. The van der Waals surface area contributed by atoms with Gasteiger partial charge < -0.3 is 5.32 Å². The molecular formula is C12H15ClN2O3. The van der Waals surface area contributed by atoms with Crippen molar-refractivity contribution in [1.82, 2.24) is 5.32 Å². The van der Waals surface area contributed by atoms with E-state index in [2.05, 4.69) is 5.32 Å². The second-order valence-corrected chi connectivity index (χ2v) is 4.37. The van der Waals surface area contributed by atoms with E-state index in [0.29, 0.717) is 18.8 Å². The molecule has 1 atom stereocenters. The maximum Gasteiger partial charge on any atom is 0.269 e. The number of carbonyl (C=O) groups is 1. The molecule has 6 heteroatoms. The normalized spacial score (nSPS) is 11.9. The lowest BCUT2D eigenvalue weighted by Crippen LogP contribution is -2.27. The summed E-state index contributed by atoms with van der Waals surface area (Å²) in [6, 6.07) is 6.34. The summed E-state index contributed by atoms with van der Waals surface area (Å²) in [6.45, 7) is 2.44. The molecule has 0 fully saturated rings. The Bertz CT molecular complexity index is 420. The first kappa shape index (κ1) is 14.4. The van der Waals surface area contributed by atoms with E-state index < -0.39 is 4.92 Å². The van der Waals surface area contributed by atoms with Gasteiger partial charge in [0, 0.05) is 31.0 Å². The van der Waals surface area contributed by atoms with Gasteiger partial charge in [0.2, 0.25) is 5.91 Å². The minimum atomic E-state index is -0.434. The number of amides is 1. The van der Waals surface area contributed by atoms with Crippen LogP contribution in [0.3, 0.4) is 0 Å². The fourth-order valence-electron chi connectivity index (χ4n) is 1.48. The van der Waals surface area contributed by atoms with Gasteiger partial charge in [-0.05, 0) is 11.5 Å². The largest absolute Gasteiger partial charge is 0.355 e. The molecule has 0 spiro atoms. The second kappa shape index (κ2) is 6.96. The van der Waals surface area contributed by atoms with Crippen LogP contribution in [-0.2, 0) is 4.79 Å². The van der Waals surface area contributed by atoms with Gasteiger partial charge in [-0.15, -0.1) is 11.6 Å². The number of hydrogen-bond donors (Lipinski definition) is 1. The molecule has 0 aliphatic carbocycles. The summed E-state index contributed by atoms with van der Waals surface area (Å²) in [5, 5.41) is 13.3. The highest BCUT2D eigenvalue weighted by atomic mass is 35.5. The summed E-state index contributed by atoms with van der Waals surface area (Å²) >= 11 is 5.45. The van der Waals surface area contributed by atoms with Crippen LogP contribution >= 0.6 is 11.6 Å². The number of nitrogens with one attached hydrogen (secondary N) is 1. The monoisotopic (exact) mass is 270 g/mol. The molecule has 0 aliphatic heterocycles. The number of nitro groups is 1. The molecule has 5 nitrogen and oxygen atoms in total. The topological polar surface area (TPSA) is 72.2 Å². The Kier molecular flexibility index (Phi) is 5.58. The van der Waals surface area contributed by atoms with Crippen LogP contribution in [0.4, 0.5) is 5.69 Å². The van der Waals surface area contributed by atoms with Crippen molar-refractivity contribution in [3.8, 4) is 0 Å². The number of nitro benzene ring substituents is 1. The van der Waals surface area contributed by atoms with Crippen molar-refractivity contribution in [1.29, 1.82) is 0 Å². The Balaban J connectivity index is 2.53. The van der Waals surface area contributed by atoms with E-state index in [4.69, 9.17) is 11.6 Å². The molecule has 0 aromatic heterocycles. The molecular weight excluding hydrogens is 256 g/mol. The van der Waals surface area contributed by atoms with Crippen LogP contribution in [0.25, 0.3) is 0 Å². The number of benzene rings is 1. The van der Waals surface area contributed by atoms with Gasteiger partial charge >= 0.3 is 0 Å². The van der Waals surface area contributed by atoms with Crippen LogP contribution in [0.5, 0.6) is 0 Å². The van der Waals surface area contributed by atoms with Gasteiger partial charge in [-0.3, -0.25) is 14.9 Å². The lowest BCUT2D eigenvalue weighted by atomic mass is 10.0. The van der Waals surface area contributed by atoms with Crippen molar-refractivity contribution in [2.45, 2.75) is 19.3 Å². The Labute approximate surface area is 110 Å². The molecule has 1 aromatic carbocycles. The Morgan fingerprint density at radius 3 is 2.56 bits per heavy atom. The minimum absolute atomic E-state index is 0.0668. The third-order valence-corrected chi connectivity index (χ3v) is 2.79. The van der Waals surface area contributed by atoms with E-state index in [9.17, 15) is 14.9 Å². The number of alkyl halides is 1. The van der Waals surface area contributed by atoms with E-state index in [1.807, 2.05) is 6.92 Å². The average Bonchev–Trinajstić information content (AvgIpc) is 2.36. The summed E-state index contributed by atoms with van der Waals surface area (Å²) in [4.78, 5) is 21.3. The first-order valence-electron chi connectivity index (χ1n) is 5.61. The Hall–Kier alpha value is -1.62. The zero-order chi connectivity index (χ0) is 13.5. The maximum absolute atomic E-state index is 11.2.